The van der Waals surface area contributed by atoms with Gasteiger partial charge in [-0.15, -0.1) is 0 Å². The molecule has 0 aliphatic heterocycles. The number of nitrogens with zero attached hydrogens (tertiary/aromatic N) is 1. The zero-order valence-corrected chi connectivity index (χ0v) is 13.6. The number of aromatic nitrogens is 1. The fraction of sp³-hybridized carbons (Fsp3) is 0.263. The molecule has 1 aromatic heterocycles. The SMILES string of the molecule is CC(C)C[C@@H](NC(=O)c1cccc(F)c1)c1nc2ccccc2o1. The summed E-state index contributed by atoms with van der Waals surface area (Å²) in [5.74, 6) is 0.0137. The summed E-state index contributed by atoms with van der Waals surface area (Å²) in [4.78, 5) is 16.9. The maximum Gasteiger partial charge on any atom is 0.252 e. The van der Waals surface area contributed by atoms with Gasteiger partial charge >= 0.3 is 0 Å². The first-order chi connectivity index (χ1) is 11.5. The first-order valence-electron chi connectivity index (χ1n) is 7.95. The number of rotatable bonds is 5. The highest BCUT2D eigenvalue weighted by atomic mass is 19.1. The lowest BCUT2D eigenvalue weighted by Gasteiger charge is -2.17. The normalized spacial score (nSPS) is 12.5. The molecule has 2 aromatic carbocycles. The Morgan fingerprint density at radius 2 is 2.00 bits per heavy atom. The molecule has 0 aliphatic carbocycles. The highest BCUT2D eigenvalue weighted by molar-refractivity contribution is 5.94. The smallest absolute Gasteiger partial charge is 0.252 e. The van der Waals surface area contributed by atoms with Crippen molar-refractivity contribution in [1.29, 1.82) is 0 Å². The van der Waals surface area contributed by atoms with Gasteiger partial charge in [-0.05, 0) is 42.7 Å². The molecule has 5 heteroatoms. The summed E-state index contributed by atoms with van der Waals surface area (Å²) in [5.41, 5.74) is 1.71. The third-order valence-corrected chi connectivity index (χ3v) is 3.71. The molecular formula is C19H19FN2O2. The molecule has 0 spiro atoms. The van der Waals surface area contributed by atoms with E-state index in [0.717, 1.165) is 5.52 Å². The minimum Gasteiger partial charge on any atom is -0.438 e. The van der Waals surface area contributed by atoms with Gasteiger partial charge in [-0.3, -0.25) is 4.79 Å². The minimum absolute atomic E-state index is 0.278. The number of amides is 1. The number of oxazole rings is 1. The lowest BCUT2D eigenvalue weighted by molar-refractivity contribution is 0.0924. The second-order valence-corrected chi connectivity index (χ2v) is 6.19. The van der Waals surface area contributed by atoms with Crippen molar-refractivity contribution in [2.45, 2.75) is 26.3 Å². The zero-order valence-electron chi connectivity index (χ0n) is 13.6. The van der Waals surface area contributed by atoms with Crippen molar-refractivity contribution in [2.24, 2.45) is 5.92 Å². The molecule has 3 rings (SSSR count). The van der Waals surface area contributed by atoms with Gasteiger partial charge in [-0.25, -0.2) is 9.37 Å². The van der Waals surface area contributed by atoms with E-state index in [1.165, 1.54) is 18.2 Å². The number of nitrogens with one attached hydrogen (secondary N) is 1. The summed E-state index contributed by atoms with van der Waals surface area (Å²) >= 11 is 0. The highest BCUT2D eigenvalue weighted by Gasteiger charge is 2.22. The van der Waals surface area contributed by atoms with E-state index in [1.807, 2.05) is 24.3 Å². The van der Waals surface area contributed by atoms with Crippen LogP contribution in [0.2, 0.25) is 0 Å². The summed E-state index contributed by atoms with van der Waals surface area (Å²) in [6.45, 7) is 4.12. The third-order valence-electron chi connectivity index (χ3n) is 3.71. The van der Waals surface area contributed by atoms with E-state index in [9.17, 15) is 9.18 Å². The Morgan fingerprint density at radius 3 is 2.71 bits per heavy atom. The highest BCUT2D eigenvalue weighted by Crippen LogP contribution is 2.25. The van der Waals surface area contributed by atoms with E-state index in [4.69, 9.17) is 4.42 Å². The van der Waals surface area contributed by atoms with E-state index >= 15 is 0 Å². The average molecular weight is 326 g/mol. The molecular weight excluding hydrogens is 307 g/mol. The number of hydrogen-bond donors (Lipinski definition) is 1. The molecule has 0 aliphatic rings. The summed E-state index contributed by atoms with van der Waals surface area (Å²) in [5, 5.41) is 2.91. The molecule has 0 fully saturated rings. The van der Waals surface area contributed by atoms with E-state index in [2.05, 4.69) is 24.1 Å². The number of carbonyl (C=O) groups is 1. The Morgan fingerprint density at radius 1 is 1.21 bits per heavy atom. The topological polar surface area (TPSA) is 55.1 Å². The lowest BCUT2D eigenvalue weighted by Crippen LogP contribution is -2.29. The number of para-hydroxylation sites is 2. The van der Waals surface area contributed by atoms with Crippen molar-refractivity contribution in [3.8, 4) is 0 Å². The quantitative estimate of drug-likeness (QED) is 0.752. The summed E-state index contributed by atoms with van der Waals surface area (Å²) in [6.07, 6.45) is 0.674. The van der Waals surface area contributed by atoms with Crippen molar-refractivity contribution in [2.75, 3.05) is 0 Å². The van der Waals surface area contributed by atoms with Crippen LogP contribution in [0.3, 0.4) is 0 Å². The largest absolute Gasteiger partial charge is 0.438 e. The first kappa shape index (κ1) is 16.2. The molecule has 0 saturated carbocycles. The molecule has 0 unspecified atom stereocenters. The number of benzene rings is 2. The summed E-state index contributed by atoms with van der Waals surface area (Å²) in [6, 6.07) is 12.7. The Kier molecular flexibility index (Phi) is 4.60. The molecule has 1 atom stereocenters. The van der Waals surface area contributed by atoms with Gasteiger partial charge in [0.05, 0.1) is 0 Å². The van der Waals surface area contributed by atoms with Gasteiger partial charge in [-0.1, -0.05) is 32.0 Å². The van der Waals surface area contributed by atoms with E-state index in [-0.39, 0.29) is 17.5 Å². The second-order valence-electron chi connectivity index (χ2n) is 6.19. The van der Waals surface area contributed by atoms with Crippen molar-refractivity contribution >= 4 is 17.0 Å². The molecule has 0 radical (unpaired) electrons. The van der Waals surface area contributed by atoms with Crippen LogP contribution in [0, 0.1) is 11.7 Å². The number of halogens is 1. The van der Waals surface area contributed by atoms with Crippen LogP contribution in [0.5, 0.6) is 0 Å². The van der Waals surface area contributed by atoms with Gasteiger partial charge in [0.1, 0.15) is 17.4 Å². The molecule has 124 valence electrons. The standard InChI is InChI=1S/C19H19FN2O2/c1-12(2)10-16(19-22-15-8-3-4-9-17(15)24-19)21-18(23)13-6-5-7-14(20)11-13/h3-9,11-12,16H,10H2,1-2H3,(H,21,23)/t16-/m1/s1. The van der Waals surface area contributed by atoms with Crippen LogP contribution in [0.15, 0.2) is 52.9 Å². The van der Waals surface area contributed by atoms with Crippen LogP contribution in [-0.2, 0) is 0 Å². The second kappa shape index (κ2) is 6.83. The molecule has 1 heterocycles. The van der Waals surface area contributed by atoms with Gasteiger partial charge in [0.2, 0.25) is 5.89 Å². The van der Waals surface area contributed by atoms with Gasteiger partial charge in [0, 0.05) is 5.56 Å². The molecule has 1 N–H and O–H groups in total. The van der Waals surface area contributed by atoms with E-state index < -0.39 is 5.82 Å². The Hall–Kier alpha value is -2.69. The molecule has 24 heavy (non-hydrogen) atoms. The van der Waals surface area contributed by atoms with Crippen LogP contribution in [0.25, 0.3) is 11.1 Å². The predicted molar refractivity (Wildman–Crippen MR) is 90.1 cm³/mol. The van der Waals surface area contributed by atoms with Gasteiger partial charge < -0.3 is 9.73 Å². The van der Waals surface area contributed by atoms with Gasteiger partial charge in [-0.2, -0.15) is 0 Å². The summed E-state index contributed by atoms with van der Waals surface area (Å²) in [7, 11) is 0. The Balaban J connectivity index is 1.87. The Bertz CT molecular complexity index is 824. The van der Waals surface area contributed by atoms with Gasteiger partial charge in [0.15, 0.2) is 5.58 Å². The van der Waals surface area contributed by atoms with Crippen molar-refractivity contribution < 1.29 is 13.6 Å². The number of carbonyl (C=O) groups excluding carboxylic acids is 1. The van der Waals surface area contributed by atoms with Crippen molar-refractivity contribution in [1.82, 2.24) is 10.3 Å². The third kappa shape index (κ3) is 3.62. The fourth-order valence-electron chi connectivity index (χ4n) is 2.60. The maximum absolute atomic E-state index is 13.3. The first-order valence-corrected chi connectivity index (χ1v) is 7.95. The number of hydrogen-bond acceptors (Lipinski definition) is 3. The average Bonchev–Trinajstić information content (AvgIpc) is 2.97. The predicted octanol–water partition coefficient (Wildman–Crippen LogP) is 4.48. The van der Waals surface area contributed by atoms with Crippen molar-refractivity contribution in [3.05, 3.63) is 65.8 Å². The molecule has 0 saturated heterocycles. The van der Waals surface area contributed by atoms with Crippen LogP contribution >= 0.6 is 0 Å². The van der Waals surface area contributed by atoms with Crippen LogP contribution in [0.1, 0.15) is 42.6 Å². The van der Waals surface area contributed by atoms with Crippen molar-refractivity contribution in [3.63, 3.8) is 0 Å². The lowest BCUT2D eigenvalue weighted by atomic mass is 10.0. The molecule has 0 bridgehead atoms. The monoisotopic (exact) mass is 326 g/mol. The summed E-state index contributed by atoms with van der Waals surface area (Å²) < 4.78 is 19.1. The van der Waals surface area contributed by atoms with Crippen LogP contribution in [-0.4, -0.2) is 10.9 Å². The molecule has 1 amide bonds. The van der Waals surface area contributed by atoms with Gasteiger partial charge in [0.25, 0.3) is 5.91 Å². The van der Waals surface area contributed by atoms with Crippen LogP contribution < -0.4 is 5.32 Å². The van der Waals surface area contributed by atoms with Crippen LogP contribution in [0.4, 0.5) is 4.39 Å². The maximum atomic E-state index is 13.3. The molecule has 4 nitrogen and oxygen atoms in total. The Labute approximate surface area is 139 Å². The van der Waals surface area contributed by atoms with E-state index in [1.54, 1.807) is 6.07 Å². The fourth-order valence-corrected chi connectivity index (χ4v) is 2.60. The molecule has 3 aromatic rings. The zero-order chi connectivity index (χ0) is 17.1. The number of fused-ring (bicyclic) bond motifs is 1. The van der Waals surface area contributed by atoms with E-state index in [0.29, 0.717) is 23.8 Å². The minimum atomic E-state index is -0.440.